The third-order valence-corrected chi connectivity index (χ3v) is 9.41. The van der Waals surface area contributed by atoms with Crippen LogP contribution in [0.1, 0.15) is 55.7 Å². The normalized spacial score (nSPS) is 14.5. The van der Waals surface area contributed by atoms with Crippen molar-refractivity contribution in [1.29, 1.82) is 0 Å². The van der Waals surface area contributed by atoms with Crippen molar-refractivity contribution in [2.45, 2.75) is 76.4 Å². The average Bonchev–Trinajstić information content (AvgIpc) is 3.46. The summed E-state index contributed by atoms with van der Waals surface area (Å²) < 4.78 is 28.9. The molecule has 0 radical (unpaired) electrons. The number of hydrogen-bond acceptors (Lipinski definition) is 4. The van der Waals surface area contributed by atoms with E-state index in [1.807, 2.05) is 57.2 Å². The Hall–Kier alpha value is -3.65. The number of anilines is 1. The maximum absolute atomic E-state index is 14.2. The monoisotopic (exact) mass is 561 g/mol. The quantitative estimate of drug-likeness (QED) is 0.341. The van der Waals surface area contributed by atoms with Gasteiger partial charge in [-0.2, -0.15) is 0 Å². The first-order valence-corrected chi connectivity index (χ1v) is 15.4. The second-order valence-corrected chi connectivity index (χ2v) is 12.4. The molecular weight excluding hydrogens is 522 g/mol. The number of benzene rings is 3. The summed E-state index contributed by atoms with van der Waals surface area (Å²) in [4.78, 5) is 29.3. The Morgan fingerprint density at radius 2 is 1.52 bits per heavy atom. The van der Waals surface area contributed by atoms with Crippen LogP contribution in [-0.4, -0.2) is 43.8 Å². The highest BCUT2D eigenvalue weighted by molar-refractivity contribution is 7.92. The highest BCUT2D eigenvalue weighted by atomic mass is 32.2. The van der Waals surface area contributed by atoms with Crippen molar-refractivity contribution < 1.29 is 18.0 Å². The second-order valence-electron chi connectivity index (χ2n) is 10.5. The van der Waals surface area contributed by atoms with E-state index in [1.165, 1.54) is 12.1 Å². The summed E-state index contributed by atoms with van der Waals surface area (Å²) in [6.07, 6.45) is 4.44. The predicted octanol–water partition coefficient (Wildman–Crippen LogP) is 5.36. The van der Waals surface area contributed by atoms with Crippen LogP contribution in [0.25, 0.3) is 0 Å². The summed E-state index contributed by atoms with van der Waals surface area (Å²) in [6.45, 7) is 5.55. The molecule has 0 aliphatic heterocycles. The standard InChI is InChI=1S/C32H39N3O4S/c1-4-30(32(37)33-27-14-10-11-15-27)34(22-26-13-9-8-12-25(26)3)31(36)23-35(28-20-18-24(2)19-21-28)40(38,39)29-16-6-5-7-17-29/h5-9,12-13,16-21,27,30H,4,10-11,14-15,22-23H2,1-3H3,(H,33,37)/t30-/m1/s1. The zero-order valence-electron chi connectivity index (χ0n) is 23.5. The fourth-order valence-electron chi connectivity index (χ4n) is 5.22. The molecule has 7 nitrogen and oxygen atoms in total. The summed E-state index contributed by atoms with van der Waals surface area (Å²) in [5.41, 5.74) is 3.28. The van der Waals surface area contributed by atoms with E-state index in [-0.39, 0.29) is 23.4 Å². The minimum atomic E-state index is -4.06. The number of sulfonamides is 1. The van der Waals surface area contributed by atoms with Gasteiger partial charge in [0.05, 0.1) is 10.6 Å². The van der Waals surface area contributed by atoms with Crippen LogP contribution in [0.4, 0.5) is 5.69 Å². The molecule has 2 amide bonds. The number of nitrogens with zero attached hydrogens (tertiary/aromatic N) is 2. The molecule has 0 heterocycles. The minimum absolute atomic E-state index is 0.0971. The highest BCUT2D eigenvalue weighted by Crippen LogP contribution is 2.26. The third kappa shape index (κ3) is 6.91. The van der Waals surface area contributed by atoms with E-state index in [2.05, 4.69) is 5.32 Å². The van der Waals surface area contributed by atoms with E-state index in [9.17, 15) is 18.0 Å². The molecule has 3 aromatic carbocycles. The topological polar surface area (TPSA) is 86.8 Å². The lowest BCUT2D eigenvalue weighted by molar-refractivity contribution is -0.140. The van der Waals surface area contributed by atoms with E-state index < -0.39 is 28.5 Å². The Morgan fingerprint density at radius 1 is 0.900 bits per heavy atom. The molecule has 40 heavy (non-hydrogen) atoms. The molecule has 3 aromatic rings. The van der Waals surface area contributed by atoms with Crippen molar-refractivity contribution in [1.82, 2.24) is 10.2 Å². The zero-order valence-corrected chi connectivity index (χ0v) is 24.4. The molecule has 8 heteroatoms. The summed E-state index contributed by atoms with van der Waals surface area (Å²) in [5, 5.41) is 3.15. The molecule has 0 aromatic heterocycles. The molecule has 1 fully saturated rings. The van der Waals surface area contributed by atoms with E-state index >= 15 is 0 Å². The van der Waals surface area contributed by atoms with Crippen molar-refractivity contribution in [3.8, 4) is 0 Å². The largest absolute Gasteiger partial charge is 0.352 e. The third-order valence-electron chi connectivity index (χ3n) is 7.62. The van der Waals surface area contributed by atoms with Gasteiger partial charge in [0.1, 0.15) is 12.6 Å². The van der Waals surface area contributed by atoms with Crippen LogP contribution in [-0.2, 0) is 26.2 Å². The number of carbonyl (C=O) groups excluding carboxylic acids is 2. The van der Waals surface area contributed by atoms with Crippen LogP contribution in [0.3, 0.4) is 0 Å². The Labute approximate surface area is 238 Å². The lowest BCUT2D eigenvalue weighted by Crippen LogP contribution is -2.53. The first-order chi connectivity index (χ1) is 19.2. The maximum Gasteiger partial charge on any atom is 0.264 e. The van der Waals surface area contributed by atoms with E-state index in [1.54, 1.807) is 35.2 Å². The molecule has 1 N–H and O–H groups in total. The van der Waals surface area contributed by atoms with Gasteiger partial charge in [0.15, 0.2) is 0 Å². The summed E-state index contributed by atoms with van der Waals surface area (Å²) in [7, 11) is -4.06. The summed E-state index contributed by atoms with van der Waals surface area (Å²) in [5.74, 6) is -0.624. The number of nitrogens with one attached hydrogen (secondary N) is 1. The zero-order chi connectivity index (χ0) is 28.7. The van der Waals surface area contributed by atoms with Gasteiger partial charge >= 0.3 is 0 Å². The maximum atomic E-state index is 14.2. The van der Waals surface area contributed by atoms with Crippen LogP contribution in [0.5, 0.6) is 0 Å². The fourth-order valence-corrected chi connectivity index (χ4v) is 6.65. The Kier molecular flexibility index (Phi) is 9.63. The summed E-state index contributed by atoms with van der Waals surface area (Å²) in [6, 6.07) is 22.3. The molecule has 1 aliphatic rings. The van der Waals surface area contributed by atoms with Gasteiger partial charge in [0.2, 0.25) is 11.8 Å². The van der Waals surface area contributed by atoms with Crippen LogP contribution in [0, 0.1) is 13.8 Å². The van der Waals surface area contributed by atoms with Crippen molar-refractivity contribution in [3.63, 3.8) is 0 Å². The van der Waals surface area contributed by atoms with Gasteiger partial charge in [-0.05, 0) is 68.5 Å². The van der Waals surface area contributed by atoms with Gasteiger partial charge in [-0.3, -0.25) is 13.9 Å². The highest BCUT2D eigenvalue weighted by Gasteiger charge is 2.34. The molecule has 4 rings (SSSR count). The minimum Gasteiger partial charge on any atom is -0.352 e. The molecule has 0 bridgehead atoms. The van der Waals surface area contributed by atoms with Crippen molar-refractivity contribution in [2.75, 3.05) is 10.8 Å². The number of rotatable bonds is 11. The molecule has 1 aliphatic carbocycles. The van der Waals surface area contributed by atoms with Crippen LogP contribution in [0.2, 0.25) is 0 Å². The van der Waals surface area contributed by atoms with Crippen LogP contribution >= 0.6 is 0 Å². The van der Waals surface area contributed by atoms with Gasteiger partial charge in [-0.15, -0.1) is 0 Å². The van der Waals surface area contributed by atoms with Gasteiger partial charge in [-0.1, -0.05) is 79.9 Å². The van der Waals surface area contributed by atoms with Gasteiger partial charge in [-0.25, -0.2) is 8.42 Å². The smallest absolute Gasteiger partial charge is 0.264 e. The van der Waals surface area contributed by atoms with Crippen molar-refractivity contribution in [3.05, 3.63) is 95.6 Å². The molecule has 0 unspecified atom stereocenters. The van der Waals surface area contributed by atoms with Gasteiger partial charge in [0, 0.05) is 12.6 Å². The van der Waals surface area contributed by atoms with Crippen molar-refractivity contribution in [2.24, 2.45) is 0 Å². The lowest BCUT2D eigenvalue weighted by atomic mass is 10.1. The first-order valence-electron chi connectivity index (χ1n) is 14.0. The molecule has 0 spiro atoms. The second kappa shape index (κ2) is 13.1. The van der Waals surface area contributed by atoms with Crippen molar-refractivity contribution >= 4 is 27.5 Å². The fraction of sp³-hybridized carbons (Fsp3) is 0.375. The van der Waals surface area contributed by atoms with E-state index in [4.69, 9.17) is 0 Å². The average molecular weight is 562 g/mol. The van der Waals surface area contributed by atoms with E-state index in [0.29, 0.717) is 12.1 Å². The van der Waals surface area contributed by atoms with Gasteiger partial charge in [0.25, 0.3) is 10.0 Å². The Bertz CT molecular complexity index is 1400. The number of carbonyl (C=O) groups is 2. The Balaban J connectivity index is 1.71. The van der Waals surface area contributed by atoms with E-state index in [0.717, 1.165) is 46.7 Å². The molecular formula is C32H39N3O4S. The summed E-state index contributed by atoms with van der Waals surface area (Å²) >= 11 is 0. The van der Waals surface area contributed by atoms with Crippen LogP contribution < -0.4 is 9.62 Å². The number of aryl methyl sites for hydroxylation is 2. The lowest BCUT2D eigenvalue weighted by Gasteiger charge is -2.34. The predicted molar refractivity (Wildman–Crippen MR) is 158 cm³/mol. The Morgan fingerprint density at radius 3 is 2.15 bits per heavy atom. The molecule has 1 atom stereocenters. The molecule has 0 saturated heterocycles. The number of hydrogen-bond donors (Lipinski definition) is 1. The van der Waals surface area contributed by atoms with Crippen LogP contribution in [0.15, 0.2) is 83.8 Å². The first kappa shape index (κ1) is 29.3. The molecule has 1 saturated carbocycles. The number of amides is 2. The molecule has 212 valence electrons. The SMILES string of the molecule is CC[C@H](C(=O)NC1CCCC1)N(Cc1ccccc1C)C(=O)CN(c1ccc(C)cc1)S(=O)(=O)c1ccccc1. The van der Waals surface area contributed by atoms with Gasteiger partial charge < -0.3 is 10.2 Å².